The van der Waals surface area contributed by atoms with E-state index in [1.807, 2.05) is 23.6 Å². The molecule has 1 aromatic carbocycles. The van der Waals surface area contributed by atoms with E-state index < -0.39 is 0 Å². The second-order valence-corrected chi connectivity index (χ2v) is 6.04. The summed E-state index contributed by atoms with van der Waals surface area (Å²) in [5.41, 5.74) is 2.82. The highest BCUT2D eigenvalue weighted by Gasteiger charge is 2.16. The Hall–Kier alpha value is -1.27. The van der Waals surface area contributed by atoms with Crippen LogP contribution in [0.4, 0.5) is 4.39 Å². The van der Waals surface area contributed by atoms with Crippen LogP contribution in [0.3, 0.4) is 0 Å². The lowest BCUT2D eigenvalue weighted by Gasteiger charge is -2.11. The molecule has 2 aromatic heterocycles. The summed E-state index contributed by atoms with van der Waals surface area (Å²) in [5, 5.41) is 2.94. The van der Waals surface area contributed by atoms with Crippen LogP contribution < -0.4 is 11.3 Å². The van der Waals surface area contributed by atoms with E-state index >= 15 is 0 Å². The fraction of sp³-hybridized carbons (Fsp3) is 0.0769. The molecule has 0 aliphatic rings. The Morgan fingerprint density at radius 2 is 2.06 bits per heavy atom. The molecule has 0 radical (unpaired) electrons. The van der Waals surface area contributed by atoms with Crippen molar-refractivity contribution in [1.82, 2.24) is 5.43 Å². The molecular weight excluding hydrogens is 267 g/mol. The van der Waals surface area contributed by atoms with E-state index in [4.69, 9.17) is 5.84 Å². The highest BCUT2D eigenvalue weighted by atomic mass is 32.1. The van der Waals surface area contributed by atoms with E-state index in [0.717, 1.165) is 19.8 Å². The lowest BCUT2D eigenvalue weighted by Crippen LogP contribution is -2.27. The van der Waals surface area contributed by atoms with Gasteiger partial charge in [0.2, 0.25) is 0 Å². The molecule has 0 bridgehead atoms. The molecule has 18 heavy (non-hydrogen) atoms. The van der Waals surface area contributed by atoms with Crippen LogP contribution in [-0.4, -0.2) is 0 Å². The molecule has 3 N–H and O–H groups in total. The number of nitrogens with two attached hydrogens (primary N) is 1. The summed E-state index contributed by atoms with van der Waals surface area (Å²) in [5.74, 6) is 5.43. The topological polar surface area (TPSA) is 38.0 Å². The largest absolute Gasteiger partial charge is 0.271 e. The molecule has 0 aliphatic carbocycles. The lowest BCUT2D eigenvalue weighted by molar-refractivity contribution is 0.630. The van der Waals surface area contributed by atoms with Crippen LogP contribution in [0.1, 0.15) is 15.8 Å². The van der Waals surface area contributed by atoms with E-state index in [0.29, 0.717) is 0 Å². The average Bonchev–Trinajstić information content (AvgIpc) is 2.98. The van der Waals surface area contributed by atoms with Gasteiger partial charge in [0, 0.05) is 14.5 Å². The molecule has 0 aliphatic heterocycles. The van der Waals surface area contributed by atoms with Gasteiger partial charge in [-0.1, -0.05) is 6.07 Å². The second-order valence-electron chi connectivity index (χ2n) is 3.95. The van der Waals surface area contributed by atoms with Gasteiger partial charge in [0.25, 0.3) is 0 Å². The zero-order chi connectivity index (χ0) is 12.5. The van der Waals surface area contributed by atoms with Crippen LogP contribution in [0, 0.1) is 5.82 Å². The summed E-state index contributed by atoms with van der Waals surface area (Å²) in [7, 11) is 0. The SMILES string of the molecule is NNC(c1cccs1)c1cc2cc(F)ccc2s1. The highest BCUT2D eigenvalue weighted by molar-refractivity contribution is 7.19. The zero-order valence-electron chi connectivity index (χ0n) is 9.39. The van der Waals surface area contributed by atoms with E-state index in [-0.39, 0.29) is 11.9 Å². The maximum Gasteiger partial charge on any atom is 0.123 e. The summed E-state index contributed by atoms with van der Waals surface area (Å²) in [6, 6.07) is 10.9. The van der Waals surface area contributed by atoms with Gasteiger partial charge in [-0.2, -0.15) is 0 Å². The molecule has 2 heterocycles. The Kier molecular flexibility index (Phi) is 3.13. The first-order valence-corrected chi connectivity index (χ1v) is 7.16. The van der Waals surface area contributed by atoms with Crippen molar-refractivity contribution in [1.29, 1.82) is 0 Å². The minimum atomic E-state index is -0.208. The summed E-state index contributed by atoms with van der Waals surface area (Å²) in [6.45, 7) is 0. The van der Waals surface area contributed by atoms with Crippen molar-refractivity contribution >= 4 is 32.8 Å². The molecule has 5 heteroatoms. The normalized spacial score (nSPS) is 13.0. The number of thiophene rings is 2. The smallest absolute Gasteiger partial charge is 0.123 e. The summed E-state index contributed by atoms with van der Waals surface area (Å²) < 4.78 is 14.2. The van der Waals surface area contributed by atoms with Crippen LogP contribution in [0.15, 0.2) is 41.8 Å². The predicted molar refractivity (Wildman–Crippen MR) is 75.3 cm³/mol. The Morgan fingerprint density at radius 1 is 1.17 bits per heavy atom. The van der Waals surface area contributed by atoms with Crippen molar-refractivity contribution in [2.24, 2.45) is 5.84 Å². The van der Waals surface area contributed by atoms with Gasteiger partial charge in [-0.15, -0.1) is 22.7 Å². The highest BCUT2D eigenvalue weighted by Crippen LogP contribution is 2.34. The standard InChI is InChI=1S/C13H11FN2S2/c14-9-3-4-10-8(6-9)7-12(18-10)13(16-15)11-2-1-5-17-11/h1-7,13,16H,15H2. The van der Waals surface area contributed by atoms with Crippen LogP contribution in [0.25, 0.3) is 10.1 Å². The Balaban J connectivity index is 2.07. The molecule has 0 spiro atoms. The zero-order valence-corrected chi connectivity index (χ0v) is 11.0. The van der Waals surface area contributed by atoms with Crippen LogP contribution in [0.5, 0.6) is 0 Å². The number of halogens is 1. The van der Waals surface area contributed by atoms with Gasteiger partial charge in [0.15, 0.2) is 0 Å². The number of nitrogens with one attached hydrogen (secondary N) is 1. The van der Waals surface area contributed by atoms with Crippen molar-refractivity contribution in [3.63, 3.8) is 0 Å². The van der Waals surface area contributed by atoms with Crippen molar-refractivity contribution < 1.29 is 4.39 Å². The van der Waals surface area contributed by atoms with E-state index in [9.17, 15) is 4.39 Å². The van der Waals surface area contributed by atoms with Crippen LogP contribution >= 0.6 is 22.7 Å². The van der Waals surface area contributed by atoms with E-state index in [1.165, 1.54) is 6.07 Å². The second kappa shape index (κ2) is 4.78. The Morgan fingerprint density at radius 3 is 2.78 bits per heavy atom. The van der Waals surface area contributed by atoms with Crippen molar-refractivity contribution in [3.8, 4) is 0 Å². The van der Waals surface area contributed by atoms with Gasteiger partial charge in [-0.25, -0.2) is 9.82 Å². The summed E-state index contributed by atoms with van der Waals surface area (Å²) in [6.07, 6.45) is 0. The fourth-order valence-corrected chi connectivity index (χ4v) is 3.94. The van der Waals surface area contributed by atoms with Crippen molar-refractivity contribution in [2.45, 2.75) is 6.04 Å². The minimum Gasteiger partial charge on any atom is -0.271 e. The number of fused-ring (bicyclic) bond motifs is 1. The molecule has 2 nitrogen and oxygen atoms in total. The predicted octanol–water partition coefficient (Wildman–Crippen LogP) is 3.65. The van der Waals surface area contributed by atoms with Gasteiger partial charge in [0.05, 0.1) is 6.04 Å². The lowest BCUT2D eigenvalue weighted by atomic mass is 10.2. The number of hydrazine groups is 1. The Bertz CT molecular complexity index is 661. The molecule has 0 saturated carbocycles. The summed E-state index contributed by atoms with van der Waals surface area (Å²) in [4.78, 5) is 2.25. The molecule has 92 valence electrons. The first-order valence-electron chi connectivity index (χ1n) is 5.46. The van der Waals surface area contributed by atoms with Crippen LogP contribution in [-0.2, 0) is 0 Å². The Labute approximate surface area is 112 Å². The van der Waals surface area contributed by atoms with E-state index in [1.54, 1.807) is 34.8 Å². The average molecular weight is 278 g/mol. The van der Waals surface area contributed by atoms with Gasteiger partial charge in [-0.3, -0.25) is 5.84 Å². The molecule has 0 amide bonds. The minimum absolute atomic E-state index is 0.0227. The monoisotopic (exact) mass is 278 g/mol. The first-order chi connectivity index (χ1) is 8.78. The number of benzene rings is 1. The quantitative estimate of drug-likeness (QED) is 0.567. The number of rotatable bonds is 3. The molecule has 1 atom stereocenters. The summed E-state index contributed by atoms with van der Waals surface area (Å²) >= 11 is 3.29. The first kappa shape index (κ1) is 11.8. The number of hydrogen-bond acceptors (Lipinski definition) is 4. The maximum atomic E-state index is 13.2. The third kappa shape index (κ3) is 2.06. The molecule has 1 unspecified atom stereocenters. The van der Waals surface area contributed by atoms with Gasteiger partial charge >= 0.3 is 0 Å². The molecular formula is C13H11FN2S2. The van der Waals surface area contributed by atoms with E-state index in [2.05, 4.69) is 5.43 Å². The molecule has 3 aromatic rings. The maximum absolute atomic E-state index is 13.2. The van der Waals surface area contributed by atoms with Crippen molar-refractivity contribution in [3.05, 3.63) is 57.3 Å². The third-order valence-corrected chi connectivity index (χ3v) is 4.89. The number of hydrogen-bond donors (Lipinski definition) is 2. The van der Waals surface area contributed by atoms with Gasteiger partial charge < -0.3 is 0 Å². The fourth-order valence-electron chi connectivity index (χ4n) is 1.94. The van der Waals surface area contributed by atoms with Crippen molar-refractivity contribution in [2.75, 3.05) is 0 Å². The molecule has 3 rings (SSSR count). The molecule has 0 saturated heterocycles. The third-order valence-electron chi connectivity index (χ3n) is 2.78. The van der Waals surface area contributed by atoms with Crippen LogP contribution in [0.2, 0.25) is 0 Å². The van der Waals surface area contributed by atoms with Gasteiger partial charge in [0.1, 0.15) is 5.82 Å². The van der Waals surface area contributed by atoms with Gasteiger partial charge in [-0.05, 0) is 41.1 Å². The molecule has 0 fully saturated rings.